The molecule has 2 amide bonds. The van der Waals surface area contributed by atoms with E-state index in [1.165, 1.54) is 0 Å². The second kappa shape index (κ2) is 10.3. The Morgan fingerprint density at radius 3 is 2.68 bits per heavy atom. The van der Waals surface area contributed by atoms with E-state index in [0.29, 0.717) is 23.7 Å². The van der Waals surface area contributed by atoms with Crippen molar-refractivity contribution in [1.82, 2.24) is 30.8 Å². The van der Waals surface area contributed by atoms with Crippen LogP contribution in [0.2, 0.25) is 0 Å². The number of aryl methyl sites for hydroxylation is 1. The fraction of sp³-hybridized carbons (Fsp3) is 0.348. The Kier molecular flexibility index (Phi) is 7.02. The topological polar surface area (TPSA) is 135 Å². The highest BCUT2D eigenvalue weighted by Gasteiger charge is 2.30. The van der Waals surface area contributed by atoms with E-state index in [-0.39, 0.29) is 23.3 Å². The fourth-order valence-electron chi connectivity index (χ4n) is 3.42. The van der Waals surface area contributed by atoms with E-state index in [9.17, 15) is 9.59 Å². The zero-order valence-electron chi connectivity index (χ0n) is 19.4. The predicted octanol–water partition coefficient (Wildman–Crippen LogP) is 2.71. The molecule has 0 radical (unpaired) electrons. The molecule has 1 aromatic carbocycles. The van der Waals surface area contributed by atoms with Gasteiger partial charge in [0.1, 0.15) is 5.75 Å². The molecule has 2 heterocycles. The first-order valence-electron chi connectivity index (χ1n) is 11.2. The number of para-hydroxylation sites is 1. The number of anilines is 3. The van der Waals surface area contributed by atoms with Crippen LogP contribution in [0.4, 0.5) is 17.2 Å². The molecular formula is C23H28N8O3. The third-order valence-electron chi connectivity index (χ3n) is 5.34. The minimum atomic E-state index is -0.462. The number of nitrogens with one attached hydrogen (secondary N) is 4. The van der Waals surface area contributed by atoms with Crippen LogP contribution in [-0.2, 0) is 11.3 Å². The van der Waals surface area contributed by atoms with Gasteiger partial charge in [-0.15, -0.1) is 10.2 Å². The highest BCUT2D eigenvalue weighted by molar-refractivity contribution is 6.00. The molecule has 0 bridgehead atoms. The van der Waals surface area contributed by atoms with Gasteiger partial charge in [-0.2, -0.15) is 5.10 Å². The monoisotopic (exact) mass is 464 g/mol. The van der Waals surface area contributed by atoms with Gasteiger partial charge >= 0.3 is 0 Å². The Hall–Kier alpha value is -3.99. The van der Waals surface area contributed by atoms with Gasteiger partial charge in [-0.3, -0.25) is 19.7 Å². The second-order valence-corrected chi connectivity index (χ2v) is 7.84. The van der Waals surface area contributed by atoms with Gasteiger partial charge in [-0.05, 0) is 25.8 Å². The maximum atomic E-state index is 12.7. The summed E-state index contributed by atoms with van der Waals surface area (Å²) in [6.07, 6.45) is 5.45. The summed E-state index contributed by atoms with van der Waals surface area (Å²) in [5, 5.41) is 18.5. The van der Waals surface area contributed by atoms with Gasteiger partial charge in [0.05, 0.1) is 24.7 Å². The van der Waals surface area contributed by atoms with E-state index in [2.05, 4.69) is 36.8 Å². The summed E-state index contributed by atoms with van der Waals surface area (Å²) in [6.45, 7) is 5.17. The number of methoxy groups -OCH3 is 1. The van der Waals surface area contributed by atoms with Gasteiger partial charge in [0.25, 0.3) is 5.91 Å². The van der Waals surface area contributed by atoms with Crippen molar-refractivity contribution in [2.75, 3.05) is 24.3 Å². The molecule has 178 valence electrons. The van der Waals surface area contributed by atoms with Crippen LogP contribution in [0.25, 0.3) is 11.1 Å². The highest BCUT2D eigenvalue weighted by atomic mass is 16.5. The fourth-order valence-corrected chi connectivity index (χ4v) is 3.42. The van der Waals surface area contributed by atoms with Crippen molar-refractivity contribution >= 4 is 29.0 Å². The molecule has 1 fully saturated rings. The van der Waals surface area contributed by atoms with Crippen molar-refractivity contribution in [2.45, 2.75) is 33.2 Å². The number of hydrogen-bond acceptors (Lipinski definition) is 8. The molecule has 11 nitrogen and oxygen atoms in total. The molecule has 4 rings (SSSR count). The van der Waals surface area contributed by atoms with Gasteiger partial charge in [0, 0.05) is 42.4 Å². The number of hydrazine groups is 1. The van der Waals surface area contributed by atoms with Crippen molar-refractivity contribution in [3.63, 3.8) is 0 Å². The summed E-state index contributed by atoms with van der Waals surface area (Å²) < 4.78 is 7.56. The Bertz CT molecular complexity index is 1190. The number of amides is 2. The number of carbonyl (C=O) groups is 2. The number of ether oxygens (including phenoxy) is 1. The summed E-state index contributed by atoms with van der Waals surface area (Å²) in [7, 11) is 1.58. The van der Waals surface area contributed by atoms with E-state index in [4.69, 9.17) is 4.74 Å². The molecule has 0 atom stereocenters. The Labute approximate surface area is 197 Å². The number of aromatic nitrogens is 4. The van der Waals surface area contributed by atoms with Crippen LogP contribution in [0.3, 0.4) is 0 Å². The number of hydrogen-bond donors (Lipinski definition) is 4. The first-order valence-corrected chi connectivity index (χ1v) is 11.2. The third-order valence-corrected chi connectivity index (χ3v) is 5.34. The molecule has 0 unspecified atom stereocenters. The molecule has 11 heteroatoms. The summed E-state index contributed by atoms with van der Waals surface area (Å²) in [6, 6.07) is 7.24. The molecule has 0 aliphatic heterocycles. The number of nitrogens with zero attached hydrogens (tertiary/aromatic N) is 4. The van der Waals surface area contributed by atoms with E-state index in [1.54, 1.807) is 19.4 Å². The van der Waals surface area contributed by atoms with E-state index >= 15 is 0 Å². The normalized spacial score (nSPS) is 12.8. The Morgan fingerprint density at radius 2 is 2.00 bits per heavy atom. The molecule has 34 heavy (non-hydrogen) atoms. The van der Waals surface area contributed by atoms with Gasteiger partial charge in [-0.1, -0.05) is 19.1 Å². The van der Waals surface area contributed by atoms with Crippen LogP contribution in [0.15, 0.2) is 36.7 Å². The maximum Gasteiger partial charge on any atom is 0.288 e. The summed E-state index contributed by atoms with van der Waals surface area (Å²) >= 11 is 0. The smallest absolute Gasteiger partial charge is 0.288 e. The average molecular weight is 465 g/mol. The van der Waals surface area contributed by atoms with E-state index < -0.39 is 5.91 Å². The third kappa shape index (κ3) is 5.15. The molecule has 4 N–H and O–H groups in total. The lowest BCUT2D eigenvalue weighted by Crippen LogP contribution is -2.38. The number of carbonyl (C=O) groups excluding carboxylic acids is 2. The van der Waals surface area contributed by atoms with Crippen LogP contribution < -0.4 is 26.2 Å². The predicted molar refractivity (Wildman–Crippen MR) is 128 cm³/mol. The van der Waals surface area contributed by atoms with Gasteiger partial charge in [-0.25, -0.2) is 5.43 Å². The minimum absolute atomic E-state index is 0.00995. The lowest BCUT2D eigenvalue weighted by Gasteiger charge is -2.17. The Morgan fingerprint density at radius 1 is 1.18 bits per heavy atom. The first-order chi connectivity index (χ1) is 16.5. The zero-order valence-corrected chi connectivity index (χ0v) is 19.4. The molecule has 1 saturated carbocycles. The molecule has 1 aliphatic rings. The van der Waals surface area contributed by atoms with Gasteiger partial charge in [0.2, 0.25) is 5.91 Å². The quantitative estimate of drug-likeness (QED) is 0.336. The van der Waals surface area contributed by atoms with Crippen molar-refractivity contribution < 1.29 is 14.3 Å². The van der Waals surface area contributed by atoms with Crippen LogP contribution in [-0.4, -0.2) is 45.4 Å². The molecular weight excluding hydrogens is 436 g/mol. The van der Waals surface area contributed by atoms with Crippen LogP contribution in [0.1, 0.15) is 37.2 Å². The first kappa shape index (κ1) is 23.2. The molecule has 3 aromatic rings. The molecule has 2 aromatic heterocycles. The standard InChI is InChI=1S/C23H28N8O3/c1-4-24-30-23(33)20-18(11-19(28-29-20)27-22(32)14-9-10-14)26-17-8-6-7-16(21(17)34-3)15-12-25-31(5-2)13-15/h6-8,11-14,24H,4-5,9-10H2,1-3H3,(H,30,33)(H2,26,27,28,32). The summed E-state index contributed by atoms with van der Waals surface area (Å²) in [5.74, 6) is 0.292. The molecule has 0 saturated heterocycles. The van der Waals surface area contributed by atoms with Crippen molar-refractivity contribution in [1.29, 1.82) is 0 Å². The van der Waals surface area contributed by atoms with Crippen molar-refractivity contribution in [3.05, 3.63) is 42.4 Å². The average Bonchev–Trinajstić information content (AvgIpc) is 3.60. The summed E-state index contributed by atoms with van der Waals surface area (Å²) in [5.41, 5.74) is 8.15. The van der Waals surface area contributed by atoms with Crippen LogP contribution >= 0.6 is 0 Å². The van der Waals surface area contributed by atoms with Crippen LogP contribution in [0, 0.1) is 5.92 Å². The second-order valence-electron chi connectivity index (χ2n) is 7.84. The number of rotatable bonds is 10. The van der Waals surface area contributed by atoms with Gasteiger partial charge < -0.3 is 15.4 Å². The van der Waals surface area contributed by atoms with Crippen molar-refractivity contribution in [3.8, 4) is 16.9 Å². The zero-order chi connectivity index (χ0) is 24.1. The minimum Gasteiger partial charge on any atom is -0.494 e. The number of benzene rings is 1. The molecule has 1 aliphatic carbocycles. The molecule has 0 spiro atoms. The van der Waals surface area contributed by atoms with E-state index in [1.807, 2.05) is 42.9 Å². The SMILES string of the molecule is CCNNC(=O)c1nnc(NC(=O)C2CC2)cc1Nc1cccc(-c2cnn(CC)c2)c1OC. The largest absolute Gasteiger partial charge is 0.494 e. The maximum absolute atomic E-state index is 12.7. The lowest BCUT2D eigenvalue weighted by atomic mass is 10.1. The lowest BCUT2D eigenvalue weighted by molar-refractivity contribution is -0.117. The highest BCUT2D eigenvalue weighted by Crippen LogP contribution is 2.38. The van der Waals surface area contributed by atoms with E-state index in [0.717, 1.165) is 30.5 Å². The van der Waals surface area contributed by atoms with Gasteiger partial charge in [0.15, 0.2) is 11.5 Å². The van der Waals surface area contributed by atoms with Crippen LogP contribution in [0.5, 0.6) is 5.75 Å². The summed E-state index contributed by atoms with van der Waals surface area (Å²) in [4.78, 5) is 24.9. The Balaban J connectivity index is 1.69. The van der Waals surface area contributed by atoms with Crippen molar-refractivity contribution in [2.24, 2.45) is 5.92 Å².